The number of nitrogens with one attached hydrogen (secondary N) is 1. The summed E-state index contributed by atoms with van der Waals surface area (Å²) in [7, 11) is -2.20. The monoisotopic (exact) mass is 689 g/mol. The lowest BCUT2D eigenvalue weighted by molar-refractivity contribution is -0.0806. The summed E-state index contributed by atoms with van der Waals surface area (Å²) in [5.74, 6) is 0.234. The molecule has 1 saturated carbocycles. The SMILES string of the molecule is CO[C@]1(c2cccnc2)/C=C/C[C@H](C)[C@@H](C)S(=O)(=O)NC(=O)c2ccc3c(c2)N(C[C@@H]2CC[C@H]21)C[C@@]1(CCCc2cc(Cl)ccc21)CO3. The van der Waals surface area contributed by atoms with Crippen molar-refractivity contribution >= 4 is 33.2 Å². The Morgan fingerprint density at radius 3 is 2.73 bits per heavy atom. The van der Waals surface area contributed by atoms with Gasteiger partial charge >= 0.3 is 0 Å². The molecule has 3 heterocycles. The standard InChI is InChI=1S/C38H44ClN3O5S/c1-25-7-4-17-38(46-3,30-9-6-18-40-21-30)33-13-10-29(33)22-42-23-37(16-5-8-27-19-31(39)12-14-32(27)37)24-47-35-15-11-28(20-34(35)42)36(43)41-48(44,45)26(25)2/h4,6,9,11-12,14-15,17-21,25-26,29,33H,5,7-8,10,13,16,22-24H2,1-3H3,(H,41,43)/b17-4+/t25-,26+,29-,33+,37-,38-/m0/s1. The van der Waals surface area contributed by atoms with E-state index in [1.807, 2.05) is 37.4 Å². The Balaban J connectivity index is 1.36. The summed E-state index contributed by atoms with van der Waals surface area (Å²) in [5, 5.41) is -0.0641. The van der Waals surface area contributed by atoms with Crippen LogP contribution in [0.1, 0.15) is 73.0 Å². The van der Waals surface area contributed by atoms with Crippen LogP contribution in [0.25, 0.3) is 0 Å². The van der Waals surface area contributed by atoms with E-state index < -0.39 is 26.8 Å². The highest BCUT2D eigenvalue weighted by atomic mass is 35.5. The van der Waals surface area contributed by atoms with Crippen LogP contribution in [0.2, 0.25) is 5.02 Å². The number of carbonyl (C=O) groups is 1. The molecule has 1 spiro atoms. The highest BCUT2D eigenvalue weighted by molar-refractivity contribution is 7.90. The van der Waals surface area contributed by atoms with Crippen LogP contribution in [0.4, 0.5) is 5.69 Å². The molecular weight excluding hydrogens is 646 g/mol. The van der Waals surface area contributed by atoms with Crippen molar-refractivity contribution in [3.8, 4) is 5.75 Å². The maximum absolute atomic E-state index is 13.5. The Morgan fingerprint density at radius 2 is 1.98 bits per heavy atom. The highest BCUT2D eigenvalue weighted by Crippen LogP contribution is 2.52. The minimum Gasteiger partial charge on any atom is -0.490 e. The third-order valence-electron chi connectivity index (χ3n) is 11.6. The van der Waals surface area contributed by atoms with Crippen molar-refractivity contribution in [2.24, 2.45) is 17.8 Å². The molecule has 1 amide bonds. The lowest BCUT2D eigenvalue weighted by Crippen LogP contribution is -2.52. The van der Waals surface area contributed by atoms with Gasteiger partial charge in [-0.3, -0.25) is 9.78 Å². The van der Waals surface area contributed by atoms with E-state index in [-0.39, 0.29) is 28.7 Å². The first-order valence-corrected chi connectivity index (χ1v) is 19.0. The van der Waals surface area contributed by atoms with Crippen molar-refractivity contribution in [2.45, 2.75) is 68.6 Å². The Morgan fingerprint density at radius 1 is 1.12 bits per heavy atom. The van der Waals surface area contributed by atoms with Gasteiger partial charge in [0.1, 0.15) is 11.4 Å². The van der Waals surface area contributed by atoms with E-state index in [2.05, 4.69) is 45.0 Å². The van der Waals surface area contributed by atoms with Crippen LogP contribution in [-0.4, -0.2) is 51.4 Å². The first-order valence-electron chi connectivity index (χ1n) is 17.1. The number of benzene rings is 2. The number of amides is 1. The van der Waals surface area contributed by atoms with E-state index in [1.54, 1.807) is 26.3 Å². The van der Waals surface area contributed by atoms with E-state index >= 15 is 0 Å². The molecule has 7 rings (SSSR count). The van der Waals surface area contributed by atoms with Gasteiger partial charge in [-0.05, 0) is 105 Å². The molecule has 10 heteroatoms. The van der Waals surface area contributed by atoms with Crippen LogP contribution in [0.5, 0.6) is 5.75 Å². The average Bonchev–Trinajstić information content (AvgIpc) is 3.22. The molecule has 1 aromatic heterocycles. The quantitative estimate of drug-likeness (QED) is 0.295. The number of rotatable bonds is 2. The number of aryl methyl sites for hydroxylation is 1. The minimum absolute atomic E-state index is 0.153. The van der Waals surface area contributed by atoms with Gasteiger partial charge in [-0.2, -0.15) is 0 Å². The number of nitrogens with zero attached hydrogens (tertiary/aromatic N) is 2. The first kappa shape index (κ1) is 33.1. The Bertz CT molecular complexity index is 1830. The number of sulfonamides is 1. The number of halogens is 1. The summed E-state index contributed by atoms with van der Waals surface area (Å²) in [6.07, 6.45) is 13.3. The largest absolute Gasteiger partial charge is 0.490 e. The van der Waals surface area contributed by atoms with Gasteiger partial charge in [0.15, 0.2) is 0 Å². The van der Waals surface area contributed by atoms with Crippen molar-refractivity contribution in [1.29, 1.82) is 0 Å². The number of fused-ring (bicyclic) bond motifs is 4. The first-order chi connectivity index (χ1) is 23.0. The molecule has 2 bridgehead atoms. The number of carbonyl (C=O) groups excluding carboxylic acids is 1. The van der Waals surface area contributed by atoms with E-state index in [9.17, 15) is 13.2 Å². The summed E-state index contributed by atoms with van der Waals surface area (Å²) >= 11 is 6.46. The summed E-state index contributed by atoms with van der Waals surface area (Å²) in [6.45, 7) is 5.47. The third kappa shape index (κ3) is 5.81. The van der Waals surface area contributed by atoms with Gasteiger partial charge in [-0.1, -0.05) is 42.8 Å². The van der Waals surface area contributed by atoms with E-state index in [4.69, 9.17) is 21.1 Å². The normalized spacial score (nSPS) is 32.1. The number of anilines is 1. The molecule has 3 aromatic rings. The smallest absolute Gasteiger partial charge is 0.264 e. The molecule has 48 heavy (non-hydrogen) atoms. The number of hydrogen-bond donors (Lipinski definition) is 1. The van der Waals surface area contributed by atoms with Gasteiger partial charge < -0.3 is 14.4 Å². The van der Waals surface area contributed by atoms with Crippen molar-refractivity contribution < 1.29 is 22.7 Å². The second kappa shape index (κ2) is 12.8. The Hall–Kier alpha value is -3.40. The number of methoxy groups -OCH3 is 1. The zero-order valence-electron chi connectivity index (χ0n) is 27.8. The van der Waals surface area contributed by atoms with E-state index in [1.165, 1.54) is 11.1 Å². The number of hydrogen-bond acceptors (Lipinski definition) is 7. The number of pyridine rings is 1. The van der Waals surface area contributed by atoms with Crippen molar-refractivity contribution in [2.75, 3.05) is 31.7 Å². The lowest BCUT2D eigenvalue weighted by Gasteiger charge is -2.50. The second-order valence-electron chi connectivity index (χ2n) is 14.3. The van der Waals surface area contributed by atoms with E-state index in [0.717, 1.165) is 54.9 Å². The molecule has 1 N–H and O–H groups in total. The fourth-order valence-electron chi connectivity index (χ4n) is 8.49. The fourth-order valence-corrected chi connectivity index (χ4v) is 9.97. The average molecular weight is 690 g/mol. The molecule has 8 nitrogen and oxygen atoms in total. The molecule has 1 fully saturated rings. The molecule has 2 aliphatic carbocycles. The minimum atomic E-state index is -3.96. The van der Waals surface area contributed by atoms with Crippen LogP contribution in [0.3, 0.4) is 0 Å². The third-order valence-corrected chi connectivity index (χ3v) is 13.7. The van der Waals surface area contributed by atoms with Gasteiger partial charge in [-0.25, -0.2) is 13.1 Å². The summed E-state index contributed by atoms with van der Waals surface area (Å²) < 4.78 is 42.5. The van der Waals surface area contributed by atoms with Crippen LogP contribution in [-0.2, 0) is 32.2 Å². The maximum atomic E-state index is 13.5. The van der Waals surface area contributed by atoms with E-state index in [0.29, 0.717) is 25.3 Å². The molecule has 4 aliphatic rings. The molecule has 0 unspecified atom stereocenters. The van der Waals surface area contributed by atoms with Crippen molar-refractivity contribution in [1.82, 2.24) is 9.71 Å². The van der Waals surface area contributed by atoms with Crippen LogP contribution in [0, 0.1) is 17.8 Å². The predicted octanol–water partition coefficient (Wildman–Crippen LogP) is 6.82. The molecule has 0 saturated heterocycles. The predicted molar refractivity (Wildman–Crippen MR) is 188 cm³/mol. The molecule has 2 aliphatic heterocycles. The summed E-state index contributed by atoms with van der Waals surface area (Å²) in [4.78, 5) is 20.4. The van der Waals surface area contributed by atoms with Crippen LogP contribution < -0.4 is 14.4 Å². The highest BCUT2D eigenvalue weighted by Gasteiger charge is 2.50. The van der Waals surface area contributed by atoms with Crippen LogP contribution in [0.15, 0.2) is 73.1 Å². The molecule has 254 valence electrons. The van der Waals surface area contributed by atoms with Gasteiger partial charge in [0.2, 0.25) is 10.0 Å². The Kier molecular flexibility index (Phi) is 8.84. The van der Waals surface area contributed by atoms with Crippen molar-refractivity contribution in [3.63, 3.8) is 0 Å². The van der Waals surface area contributed by atoms with Crippen molar-refractivity contribution in [3.05, 3.63) is 100 Å². The summed E-state index contributed by atoms with van der Waals surface area (Å²) in [5.41, 5.74) is 3.58. The summed E-state index contributed by atoms with van der Waals surface area (Å²) in [6, 6.07) is 15.5. The zero-order chi connectivity index (χ0) is 33.7. The molecular formula is C38H44ClN3O5S. The number of allylic oxidation sites excluding steroid dienone is 1. The number of aromatic nitrogens is 1. The topological polar surface area (TPSA) is 97.8 Å². The van der Waals surface area contributed by atoms with Gasteiger partial charge in [-0.15, -0.1) is 0 Å². The maximum Gasteiger partial charge on any atom is 0.264 e. The number of ether oxygens (including phenoxy) is 2. The molecule has 2 aromatic carbocycles. The Labute approximate surface area is 288 Å². The molecule has 0 radical (unpaired) electrons. The van der Waals surface area contributed by atoms with Gasteiger partial charge in [0.05, 0.1) is 17.5 Å². The molecule has 6 atom stereocenters. The zero-order valence-corrected chi connectivity index (χ0v) is 29.4. The second-order valence-corrected chi connectivity index (χ2v) is 16.7. The van der Waals surface area contributed by atoms with Gasteiger partial charge in [0, 0.05) is 60.1 Å². The van der Waals surface area contributed by atoms with Gasteiger partial charge in [0.25, 0.3) is 5.91 Å². The lowest BCUT2D eigenvalue weighted by atomic mass is 9.62. The van der Waals surface area contributed by atoms with Crippen LogP contribution >= 0.6 is 11.6 Å². The fraction of sp³-hybridized carbons (Fsp3) is 0.474.